The van der Waals surface area contributed by atoms with Crippen molar-refractivity contribution in [3.63, 3.8) is 0 Å². The predicted octanol–water partition coefficient (Wildman–Crippen LogP) is 5.44. The van der Waals surface area contributed by atoms with Crippen molar-refractivity contribution in [3.8, 4) is 23.0 Å². The maximum Gasteiger partial charge on any atom is 0.271 e. The van der Waals surface area contributed by atoms with Crippen LogP contribution in [0.4, 0.5) is 0 Å². The summed E-state index contributed by atoms with van der Waals surface area (Å²) in [5, 5.41) is 4.09. The van der Waals surface area contributed by atoms with Crippen LogP contribution in [0.5, 0.6) is 23.0 Å². The molecule has 1 N–H and O–H groups in total. The highest BCUT2D eigenvalue weighted by Crippen LogP contribution is 2.34. The summed E-state index contributed by atoms with van der Waals surface area (Å²) in [7, 11) is 3.13. The molecule has 0 aliphatic heterocycles. The molecule has 0 fully saturated rings. The number of hydrogen-bond acceptors (Lipinski definition) is 6. The van der Waals surface area contributed by atoms with Gasteiger partial charge in [0, 0.05) is 5.56 Å². The van der Waals surface area contributed by atoms with Crippen LogP contribution in [0.25, 0.3) is 0 Å². The molecule has 0 radical (unpaired) electrons. The van der Waals surface area contributed by atoms with Gasteiger partial charge in [-0.05, 0) is 70.5 Å². The standard InChI is InChI=1S/C26H27IN2O5/c1-4-12-33-22-11-10-20(15-23(22)31-2)26(30)29-28-16-19-13-21(27)25(24(14-19)32-3)34-17-18-8-6-5-7-9-18/h5-11,13-16H,4,12,17H2,1-3H3,(H,29,30)/b28-16+. The summed E-state index contributed by atoms with van der Waals surface area (Å²) in [6.07, 6.45) is 2.43. The van der Waals surface area contributed by atoms with Gasteiger partial charge in [0.15, 0.2) is 23.0 Å². The van der Waals surface area contributed by atoms with Crippen molar-refractivity contribution in [2.45, 2.75) is 20.0 Å². The van der Waals surface area contributed by atoms with E-state index in [2.05, 4.69) is 33.1 Å². The zero-order chi connectivity index (χ0) is 24.3. The molecule has 0 bridgehead atoms. The number of nitrogens with one attached hydrogen (secondary N) is 1. The zero-order valence-corrected chi connectivity index (χ0v) is 21.5. The molecule has 0 atom stereocenters. The fourth-order valence-electron chi connectivity index (χ4n) is 3.05. The zero-order valence-electron chi connectivity index (χ0n) is 19.3. The van der Waals surface area contributed by atoms with E-state index < -0.39 is 0 Å². The van der Waals surface area contributed by atoms with Crippen molar-refractivity contribution < 1.29 is 23.7 Å². The number of carbonyl (C=O) groups excluding carboxylic acids is 1. The number of amides is 1. The normalized spacial score (nSPS) is 10.7. The number of carbonyl (C=O) groups is 1. The van der Waals surface area contributed by atoms with Crippen LogP contribution in [0, 0.1) is 3.57 Å². The fourth-order valence-corrected chi connectivity index (χ4v) is 3.84. The lowest BCUT2D eigenvalue weighted by molar-refractivity contribution is 0.0954. The van der Waals surface area contributed by atoms with Crippen molar-refractivity contribution in [1.29, 1.82) is 0 Å². The topological polar surface area (TPSA) is 78.4 Å². The minimum Gasteiger partial charge on any atom is -0.493 e. The Balaban J connectivity index is 1.67. The molecule has 0 aliphatic rings. The lowest BCUT2D eigenvalue weighted by Gasteiger charge is -2.13. The molecule has 3 rings (SSSR count). The Kier molecular flexibility index (Phi) is 9.57. The molecule has 0 aromatic heterocycles. The molecule has 3 aromatic rings. The Hall–Kier alpha value is -3.27. The number of hydrazone groups is 1. The monoisotopic (exact) mass is 574 g/mol. The van der Waals surface area contributed by atoms with Crippen molar-refractivity contribution >= 4 is 34.7 Å². The van der Waals surface area contributed by atoms with Gasteiger partial charge in [-0.2, -0.15) is 5.10 Å². The SMILES string of the molecule is CCCOc1ccc(C(=O)N/N=C/c2cc(I)c(OCc3ccccc3)c(OC)c2)cc1OC. The van der Waals surface area contributed by atoms with Crippen LogP contribution >= 0.6 is 22.6 Å². The van der Waals surface area contributed by atoms with Crippen LogP contribution in [-0.2, 0) is 6.61 Å². The largest absolute Gasteiger partial charge is 0.493 e. The van der Waals surface area contributed by atoms with Gasteiger partial charge in [0.1, 0.15) is 6.61 Å². The van der Waals surface area contributed by atoms with Crippen molar-refractivity contribution in [1.82, 2.24) is 5.43 Å². The summed E-state index contributed by atoms with van der Waals surface area (Å²) in [5.41, 5.74) is 4.77. The van der Waals surface area contributed by atoms with Gasteiger partial charge >= 0.3 is 0 Å². The average Bonchev–Trinajstić information content (AvgIpc) is 2.86. The van der Waals surface area contributed by atoms with Gasteiger partial charge in [-0.1, -0.05) is 37.3 Å². The van der Waals surface area contributed by atoms with E-state index in [1.54, 1.807) is 37.6 Å². The van der Waals surface area contributed by atoms with Crippen molar-refractivity contribution in [3.05, 3.63) is 80.9 Å². The molecule has 0 aliphatic carbocycles. The summed E-state index contributed by atoms with van der Waals surface area (Å²) in [5.74, 6) is 1.98. The smallest absolute Gasteiger partial charge is 0.271 e. The van der Waals surface area contributed by atoms with Crippen molar-refractivity contribution in [2.24, 2.45) is 5.10 Å². The van der Waals surface area contributed by atoms with Gasteiger partial charge in [-0.15, -0.1) is 0 Å². The third-order valence-electron chi connectivity index (χ3n) is 4.74. The third kappa shape index (κ3) is 6.86. The molecule has 0 saturated carbocycles. The number of hydrogen-bond donors (Lipinski definition) is 1. The van der Waals surface area contributed by atoms with Gasteiger partial charge in [-0.25, -0.2) is 5.43 Å². The number of halogens is 1. The molecule has 0 spiro atoms. The van der Waals surface area contributed by atoms with Crippen LogP contribution in [-0.4, -0.2) is 32.9 Å². The second-order valence-corrected chi connectivity index (χ2v) is 8.38. The van der Waals surface area contributed by atoms with Crippen LogP contribution in [0.15, 0.2) is 65.8 Å². The predicted molar refractivity (Wildman–Crippen MR) is 140 cm³/mol. The summed E-state index contributed by atoms with van der Waals surface area (Å²) in [4.78, 5) is 12.5. The number of ether oxygens (including phenoxy) is 4. The highest BCUT2D eigenvalue weighted by Gasteiger charge is 2.13. The molecule has 7 nitrogen and oxygen atoms in total. The molecule has 178 valence electrons. The maximum absolute atomic E-state index is 12.5. The highest BCUT2D eigenvalue weighted by molar-refractivity contribution is 14.1. The first-order chi connectivity index (χ1) is 16.5. The van der Waals surface area contributed by atoms with Crippen LogP contribution in [0.2, 0.25) is 0 Å². The molecule has 0 unspecified atom stereocenters. The van der Waals surface area contributed by atoms with Gasteiger partial charge in [0.05, 0.1) is 30.6 Å². The van der Waals surface area contributed by atoms with E-state index in [9.17, 15) is 4.79 Å². The van der Waals surface area contributed by atoms with Crippen molar-refractivity contribution in [2.75, 3.05) is 20.8 Å². The van der Waals surface area contributed by atoms with E-state index in [4.69, 9.17) is 18.9 Å². The molecule has 0 heterocycles. The van der Waals surface area contributed by atoms with Gasteiger partial charge in [-0.3, -0.25) is 4.79 Å². The Bertz CT molecular complexity index is 1140. The lowest BCUT2D eigenvalue weighted by atomic mass is 10.2. The summed E-state index contributed by atoms with van der Waals surface area (Å²) < 4.78 is 23.3. The van der Waals surface area contributed by atoms with E-state index in [0.29, 0.717) is 41.8 Å². The minimum absolute atomic E-state index is 0.360. The fraction of sp³-hybridized carbons (Fsp3) is 0.231. The number of rotatable bonds is 11. The molecule has 3 aromatic carbocycles. The quantitative estimate of drug-likeness (QED) is 0.188. The first kappa shape index (κ1) is 25.4. The first-order valence-corrected chi connectivity index (χ1v) is 11.8. The second-order valence-electron chi connectivity index (χ2n) is 7.22. The number of nitrogens with zero attached hydrogens (tertiary/aromatic N) is 1. The second kappa shape index (κ2) is 12.8. The molecular weight excluding hydrogens is 547 g/mol. The average molecular weight is 574 g/mol. The third-order valence-corrected chi connectivity index (χ3v) is 5.55. The Labute approximate surface area is 213 Å². The minimum atomic E-state index is -0.360. The Morgan fingerprint density at radius 2 is 1.74 bits per heavy atom. The van der Waals surface area contributed by atoms with Gasteiger partial charge in [0.25, 0.3) is 5.91 Å². The number of methoxy groups -OCH3 is 2. The van der Waals surface area contributed by atoms with E-state index in [-0.39, 0.29) is 5.91 Å². The molecule has 0 saturated heterocycles. The molecule has 34 heavy (non-hydrogen) atoms. The van der Waals surface area contributed by atoms with Crippen LogP contribution in [0.1, 0.15) is 34.8 Å². The van der Waals surface area contributed by atoms with Crippen LogP contribution in [0.3, 0.4) is 0 Å². The van der Waals surface area contributed by atoms with E-state index in [1.165, 1.54) is 7.11 Å². The summed E-state index contributed by atoms with van der Waals surface area (Å²) in [6, 6.07) is 18.6. The molecule has 8 heteroatoms. The highest BCUT2D eigenvalue weighted by atomic mass is 127. The molecular formula is C26H27IN2O5. The summed E-state index contributed by atoms with van der Waals surface area (Å²) in [6.45, 7) is 3.03. The van der Waals surface area contributed by atoms with Gasteiger partial charge in [0.2, 0.25) is 0 Å². The van der Waals surface area contributed by atoms with E-state index in [0.717, 1.165) is 21.1 Å². The van der Waals surface area contributed by atoms with Gasteiger partial charge < -0.3 is 18.9 Å². The Morgan fingerprint density at radius 3 is 2.44 bits per heavy atom. The summed E-state index contributed by atoms with van der Waals surface area (Å²) >= 11 is 2.19. The Morgan fingerprint density at radius 1 is 0.971 bits per heavy atom. The lowest BCUT2D eigenvalue weighted by Crippen LogP contribution is -2.17. The van der Waals surface area contributed by atoms with E-state index >= 15 is 0 Å². The first-order valence-electron chi connectivity index (χ1n) is 10.7. The molecule has 1 amide bonds. The number of benzene rings is 3. The van der Waals surface area contributed by atoms with Crippen LogP contribution < -0.4 is 24.4 Å². The van der Waals surface area contributed by atoms with E-state index in [1.807, 2.05) is 43.3 Å². The maximum atomic E-state index is 12.5.